The van der Waals surface area contributed by atoms with E-state index in [0.717, 1.165) is 49.1 Å². The van der Waals surface area contributed by atoms with Crippen molar-refractivity contribution in [2.75, 3.05) is 18.8 Å². The number of nitrogens with one attached hydrogen (secondary N) is 1. The first kappa shape index (κ1) is 15.4. The van der Waals surface area contributed by atoms with Crippen molar-refractivity contribution in [1.82, 2.24) is 30.5 Å². The van der Waals surface area contributed by atoms with Gasteiger partial charge in [-0.15, -0.1) is 16.4 Å². The highest BCUT2D eigenvalue weighted by Crippen LogP contribution is 2.19. The number of tetrazole rings is 1. The lowest BCUT2D eigenvalue weighted by atomic mass is 10.3. The van der Waals surface area contributed by atoms with E-state index in [1.807, 2.05) is 10.2 Å². The van der Waals surface area contributed by atoms with Crippen molar-refractivity contribution in [1.29, 1.82) is 0 Å². The van der Waals surface area contributed by atoms with E-state index in [2.05, 4.69) is 39.7 Å². The zero-order valence-electron chi connectivity index (χ0n) is 11.9. The third kappa shape index (κ3) is 4.53. The molecular weight excluding hydrogens is 292 g/mol. The van der Waals surface area contributed by atoms with Crippen LogP contribution in [0.15, 0.2) is 10.7 Å². The second-order valence-corrected chi connectivity index (χ2v) is 6.40. The molecule has 2 rings (SSSR count). The van der Waals surface area contributed by atoms with Gasteiger partial charge in [0.25, 0.3) is 0 Å². The van der Waals surface area contributed by atoms with Crippen LogP contribution in [0.1, 0.15) is 23.9 Å². The fourth-order valence-corrected chi connectivity index (χ4v) is 3.50. The fourth-order valence-electron chi connectivity index (χ4n) is 1.73. The molecule has 20 heavy (non-hydrogen) atoms. The van der Waals surface area contributed by atoms with Gasteiger partial charge in [0.05, 0.1) is 17.7 Å². The van der Waals surface area contributed by atoms with Crippen LogP contribution >= 0.6 is 23.1 Å². The highest BCUT2D eigenvalue weighted by Gasteiger charge is 2.07. The number of thioether (sulfide) groups is 1. The van der Waals surface area contributed by atoms with Gasteiger partial charge in [0.1, 0.15) is 0 Å². The van der Waals surface area contributed by atoms with Crippen molar-refractivity contribution in [2.24, 2.45) is 0 Å². The standard InChI is InChI=1S/C12H20N6S2/c1-3-5-13-6-7-18-12(15-16-17-18)19-8-4-11-10(2)14-9-20-11/h9,13H,3-8H2,1-2H3. The van der Waals surface area contributed by atoms with Crippen LogP contribution in [-0.2, 0) is 13.0 Å². The Labute approximate surface area is 127 Å². The minimum atomic E-state index is 0.814. The molecular formula is C12H20N6S2. The van der Waals surface area contributed by atoms with Gasteiger partial charge in [0.15, 0.2) is 0 Å². The van der Waals surface area contributed by atoms with E-state index in [1.165, 1.54) is 4.88 Å². The van der Waals surface area contributed by atoms with Gasteiger partial charge >= 0.3 is 0 Å². The van der Waals surface area contributed by atoms with Crippen LogP contribution < -0.4 is 5.32 Å². The molecule has 0 fully saturated rings. The van der Waals surface area contributed by atoms with Gasteiger partial charge in [-0.25, -0.2) is 9.67 Å². The summed E-state index contributed by atoms with van der Waals surface area (Å²) in [5, 5.41) is 16.1. The lowest BCUT2D eigenvalue weighted by molar-refractivity contribution is 0.510. The minimum Gasteiger partial charge on any atom is -0.315 e. The summed E-state index contributed by atoms with van der Waals surface area (Å²) in [6.07, 6.45) is 2.16. The van der Waals surface area contributed by atoms with Crippen LogP contribution in [0.5, 0.6) is 0 Å². The zero-order valence-corrected chi connectivity index (χ0v) is 13.5. The maximum atomic E-state index is 4.26. The van der Waals surface area contributed by atoms with Crippen molar-refractivity contribution >= 4 is 23.1 Å². The van der Waals surface area contributed by atoms with E-state index in [-0.39, 0.29) is 0 Å². The quantitative estimate of drug-likeness (QED) is 0.562. The third-order valence-electron chi connectivity index (χ3n) is 2.83. The van der Waals surface area contributed by atoms with E-state index in [9.17, 15) is 0 Å². The molecule has 8 heteroatoms. The second-order valence-electron chi connectivity index (χ2n) is 4.39. The van der Waals surface area contributed by atoms with E-state index in [0.29, 0.717) is 0 Å². The monoisotopic (exact) mass is 312 g/mol. The molecule has 110 valence electrons. The molecule has 1 N–H and O–H groups in total. The molecule has 0 radical (unpaired) electrons. The number of thiazole rings is 1. The Morgan fingerprint density at radius 3 is 3.05 bits per heavy atom. The van der Waals surface area contributed by atoms with Crippen molar-refractivity contribution in [2.45, 2.75) is 38.4 Å². The Morgan fingerprint density at radius 1 is 1.40 bits per heavy atom. The predicted molar refractivity (Wildman–Crippen MR) is 82.3 cm³/mol. The molecule has 0 saturated carbocycles. The lowest BCUT2D eigenvalue weighted by Crippen LogP contribution is -2.21. The van der Waals surface area contributed by atoms with Gasteiger partial charge in [-0.05, 0) is 36.7 Å². The summed E-state index contributed by atoms with van der Waals surface area (Å²) in [7, 11) is 0. The Kier molecular flexibility index (Phi) is 6.41. The van der Waals surface area contributed by atoms with E-state index < -0.39 is 0 Å². The average molecular weight is 312 g/mol. The average Bonchev–Trinajstić information content (AvgIpc) is 3.05. The summed E-state index contributed by atoms with van der Waals surface area (Å²) in [4.78, 5) is 5.61. The summed E-state index contributed by atoms with van der Waals surface area (Å²) in [5.74, 6) is 0.978. The van der Waals surface area contributed by atoms with Crippen molar-refractivity contribution in [3.8, 4) is 0 Å². The summed E-state index contributed by atoms with van der Waals surface area (Å²) in [5.41, 5.74) is 3.04. The van der Waals surface area contributed by atoms with Gasteiger partial charge in [-0.2, -0.15) is 0 Å². The molecule has 0 aromatic carbocycles. The first-order valence-corrected chi connectivity index (χ1v) is 8.66. The van der Waals surface area contributed by atoms with E-state index >= 15 is 0 Å². The topological polar surface area (TPSA) is 68.5 Å². The number of aryl methyl sites for hydroxylation is 2. The van der Waals surface area contributed by atoms with E-state index in [1.54, 1.807) is 23.1 Å². The van der Waals surface area contributed by atoms with Crippen molar-refractivity contribution in [3.05, 3.63) is 16.1 Å². The van der Waals surface area contributed by atoms with E-state index in [4.69, 9.17) is 0 Å². The molecule has 2 aromatic heterocycles. The van der Waals surface area contributed by atoms with Crippen LogP contribution in [-0.4, -0.2) is 44.0 Å². The summed E-state index contributed by atoms with van der Waals surface area (Å²) >= 11 is 3.42. The summed E-state index contributed by atoms with van der Waals surface area (Å²) in [6.45, 7) is 6.97. The van der Waals surface area contributed by atoms with Gasteiger partial charge < -0.3 is 5.32 Å². The van der Waals surface area contributed by atoms with Crippen LogP contribution in [0.25, 0.3) is 0 Å². The molecule has 0 spiro atoms. The van der Waals surface area contributed by atoms with Gasteiger partial charge in [-0.1, -0.05) is 18.7 Å². The van der Waals surface area contributed by atoms with Crippen LogP contribution in [0, 0.1) is 6.92 Å². The predicted octanol–water partition coefficient (Wildman–Crippen LogP) is 1.77. The summed E-state index contributed by atoms with van der Waals surface area (Å²) < 4.78 is 1.87. The first-order chi connectivity index (χ1) is 9.81. The van der Waals surface area contributed by atoms with Crippen LogP contribution in [0.4, 0.5) is 0 Å². The number of rotatable bonds is 9. The van der Waals surface area contributed by atoms with Crippen LogP contribution in [0.2, 0.25) is 0 Å². The smallest absolute Gasteiger partial charge is 0.209 e. The number of nitrogens with zero attached hydrogens (tertiary/aromatic N) is 5. The Bertz CT molecular complexity index is 510. The largest absolute Gasteiger partial charge is 0.315 e. The molecule has 0 aliphatic rings. The molecule has 0 aliphatic heterocycles. The van der Waals surface area contributed by atoms with Gasteiger partial charge in [0, 0.05) is 17.2 Å². The molecule has 0 bridgehead atoms. The molecule has 6 nitrogen and oxygen atoms in total. The second kappa shape index (κ2) is 8.33. The first-order valence-electron chi connectivity index (χ1n) is 6.80. The third-order valence-corrected chi connectivity index (χ3v) is 4.79. The number of aromatic nitrogens is 5. The highest BCUT2D eigenvalue weighted by molar-refractivity contribution is 7.99. The molecule has 0 unspecified atom stereocenters. The van der Waals surface area contributed by atoms with Gasteiger partial charge in [-0.3, -0.25) is 0 Å². The van der Waals surface area contributed by atoms with Crippen molar-refractivity contribution < 1.29 is 0 Å². The molecule has 2 heterocycles. The van der Waals surface area contributed by atoms with Crippen molar-refractivity contribution in [3.63, 3.8) is 0 Å². The zero-order chi connectivity index (χ0) is 14.2. The maximum Gasteiger partial charge on any atom is 0.209 e. The number of hydrogen-bond acceptors (Lipinski definition) is 7. The molecule has 0 saturated heterocycles. The number of hydrogen-bond donors (Lipinski definition) is 1. The summed E-state index contributed by atoms with van der Waals surface area (Å²) in [6, 6.07) is 0. The molecule has 0 amide bonds. The Balaban J connectivity index is 1.75. The maximum absolute atomic E-state index is 4.26. The lowest BCUT2D eigenvalue weighted by Gasteiger charge is -2.05. The Hall–Kier alpha value is -0.990. The fraction of sp³-hybridized carbons (Fsp3) is 0.667. The minimum absolute atomic E-state index is 0.814. The molecule has 2 aromatic rings. The normalized spacial score (nSPS) is 11.1. The van der Waals surface area contributed by atoms with Crippen LogP contribution in [0.3, 0.4) is 0 Å². The molecule has 0 aliphatic carbocycles. The highest BCUT2D eigenvalue weighted by atomic mass is 32.2. The van der Waals surface area contributed by atoms with Gasteiger partial charge in [0.2, 0.25) is 5.16 Å². The molecule has 0 atom stereocenters. The Morgan fingerprint density at radius 2 is 2.30 bits per heavy atom. The SMILES string of the molecule is CCCNCCn1nnnc1SCCc1scnc1C.